The molecule has 1 rings (SSSR count). The molecular formula is C10H20OSi. The molecule has 0 saturated carbocycles. The lowest BCUT2D eigenvalue weighted by molar-refractivity contribution is 0.241. The zero-order chi connectivity index (χ0) is 9.19. The molecule has 2 unspecified atom stereocenters. The van der Waals surface area contributed by atoms with Gasteiger partial charge < -0.3 is 5.11 Å². The average molecular weight is 184 g/mol. The highest BCUT2D eigenvalue weighted by atomic mass is 28.3. The number of hydrogen-bond acceptors (Lipinski definition) is 1. The fourth-order valence-corrected chi connectivity index (χ4v) is 3.47. The van der Waals surface area contributed by atoms with Crippen LogP contribution < -0.4 is 0 Å². The van der Waals surface area contributed by atoms with Gasteiger partial charge in [0.1, 0.15) is 0 Å². The maximum Gasteiger partial charge on any atom is 0.0513 e. The second-order valence-corrected chi connectivity index (χ2v) is 10.4. The Morgan fingerprint density at radius 3 is 2.25 bits per heavy atom. The summed E-state index contributed by atoms with van der Waals surface area (Å²) in [7, 11) is -0.967. The summed E-state index contributed by atoms with van der Waals surface area (Å²) in [4.78, 5) is 0. The van der Waals surface area contributed by atoms with Crippen LogP contribution in [0.1, 0.15) is 12.8 Å². The lowest BCUT2D eigenvalue weighted by Crippen LogP contribution is -2.29. The van der Waals surface area contributed by atoms with Crippen molar-refractivity contribution in [2.75, 3.05) is 6.61 Å². The Balaban J connectivity index is 2.54. The highest BCUT2D eigenvalue weighted by Gasteiger charge is 2.27. The van der Waals surface area contributed by atoms with E-state index in [9.17, 15) is 0 Å². The maximum atomic E-state index is 8.94. The molecule has 0 aromatic heterocycles. The van der Waals surface area contributed by atoms with E-state index in [4.69, 9.17) is 5.11 Å². The van der Waals surface area contributed by atoms with Gasteiger partial charge in [0, 0.05) is 6.61 Å². The summed E-state index contributed by atoms with van der Waals surface area (Å²) in [5, 5.41) is 8.94. The molecule has 1 nitrogen and oxygen atoms in total. The fourth-order valence-electron chi connectivity index (χ4n) is 1.75. The third-order valence-electron chi connectivity index (χ3n) is 2.81. The third kappa shape index (κ3) is 2.46. The highest BCUT2D eigenvalue weighted by Crippen LogP contribution is 2.33. The van der Waals surface area contributed by atoms with E-state index in [0.29, 0.717) is 12.5 Å². The van der Waals surface area contributed by atoms with E-state index in [0.717, 1.165) is 5.54 Å². The number of aliphatic hydroxyl groups is 1. The average Bonchev–Trinajstić information content (AvgIpc) is 2.03. The molecule has 0 bridgehead atoms. The quantitative estimate of drug-likeness (QED) is 0.517. The number of allylic oxidation sites excluding steroid dienone is 1. The predicted octanol–water partition coefficient (Wildman–Crippen LogP) is 2.65. The third-order valence-corrected chi connectivity index (χ3v) is 5.52. The highest BCUT2D eigenvalue weighted by molar-refractivity contribution is 6.78. The van der Waals surface area contributed by atoms with Crippen molar-refractivity contribution in [3.05, 3.63) is 12.2 Å². The summed E-state index contributed by atoms with van der Waals surface area (Å²) in [6.45, 7) is 7.58. The first-order chi connectivity index (χ1) is 5.54. The second-order valence-electron chi connectivity index (χ2n) is 4.88. The molecule has 2 atom stereocenters. The zero-order valence-electron chi connectivity index (χ0n) is 8.38. The lowest BCUT2D eigenvalue weighted by Gasteiger charge is -2.30. The van der Waals surface area contributed by atoms with Gasteiger partial charge in [-0.15, -0.1) is 0 Å². The van der Waals surface area contributed by atoms with Gasteiger partial charge in [-0.2, -0.15) is 0 Å². The van der Waals surface area contributed by atoms with Crippen LogP contribution >= 0.6 is 0 Å². The minimum Gasteiger partial charge on any atom is -0.396 e. The molecule has 0 heterocycles. The maximum absolute atomic E-state index is 8.94. The molecular weight excluding hydrogens is 164 g/mol. The molecule has 0 fully saturated rings. The zero-order valence-corrected chi connectivity index (χ0v) is 9.38. The summed E-state index contributed by atoms with van der Waals surface area (Å²) in [5.74, 6) is 0.442. The minimum atomic E-state index is -0.967. The van der Waals surface area contributed by atoms with Crippen LogP contribution in [0.2, 0.25) is 25.2 Å². The molecule has 0 amide bonds. The van der Waals surface area contributed by atoms with Gasteiger partial charge in [0.2, 0.25) is 0 Å². The van der Waals surface area contributed by atoms with Gasteiger partial charge in [-0.25, -0.2) is 0 Å². The van der Waals surface area contributed by atoms with Crippen molar-refractivity contribution in [3.63, 3.8) is 0 Å². The van der Waals surface area contributed by atoms with Crippen molar-refractivity contribution >= 4 is 8.07 Å². The number of rotatable bonds is 2. The van der Waals surface area contributed by atoms with Gasteiger partial charge in [-0.3, -0.25) is 0 Å². The van der Waals surface area contributed by atoms with Crippen LogP contribution in [-0.2, 0) is 0 Å². The predicted molar refractivity (Wildman–Crippen MR) is 56.0 cm³/mol. The topological polar surface area (TPSA) is 20.2 Å². The van der Waals surface area contributed by atoms with Crippen LogP contribution in [0.4, 0.5) is 0 Å². The molecule has 0 aliphatic heterocycles. The Bertz CT molecular complexity index is 169. The Morgan fingerprint density at radius 2 is 1.92 bits per heavy atom. The van der Waals surface area contributed by atoms with Crippen LogP contribution in [0, 0.1) is 5.92 Å². The molecule has 70 valence electrons. The summed E-state index contributed by atoms with van der Waals surface area (Å²) < 4.78 is 0. The van der Waals surface area contributed by atoms with E-state index in [1.807, 2.05) is 0 Å². The fraction of sp³-hybridized carbons (Fsp3) is 0.800. The van der Waals surface area contributed by atoms with Crippen molar-refractivity contribution in [3.8, 4) is 0 Å². The monoisotopic (exact) mass is 184 g/mol. The van der Waals surface area contributed by atoms with Gasteiger partial charge in [0.05, 0.1) is 8.07 Å². The normalized spacial score (nSPS) is 30.7. The minimum absolute atomic E-state index is 0.328. The molecule has 12 heavy (non-hydrogen) atoms. The molecule has 0 radical (unpaired) electrons. The van der Waals surface area contributed by atoms with Crippen molar-refractivity contribution in [2.45, 2.75) is 38.0 Å². The van der Waals surface area contributed by atoms with Crippen LogP contribution in [0.5, 0.6) is 0 Å². The van der Waals surface area contributed by atoms with Crippen LogP contribution in [0.15, 0.2) is 12.2 Å². The number of aliphatic hydroxyl groups excluding tert-OH is 1. The van der Waals surface area contributed by atoms with Gasteiger partial charge >= 0.3 is 0 Å². The molecule has 1 N–H and O–H groups in total. The van der Waals surface area contributed by atoms with E-state index < -0.39 is 8.07 Å². The summed E-state index contributed by atoms with van der Waals surface area (Å²) in [5.41, 5.74) is 0.834. The first kappa shape index (κ1) is 10.0. The SMILES string of the molecule is C[Si](C)(C)C1C=CC(CO)CC1. The smallest absolute Gasteiger partial charge is 0.0513 e. The van der Waals surface area contributed by atoms with Gasteiger partial charge in [0.25, 0.3) is 0 Å². The van der Waals surface area contributed by atoms with Crippen molar-refractivity contribution in [2.24, 2.45) is 5.92 Å². The molecule has 1 aliphatic carbocycles. The van der Waals surface area contributed by atoms with E-state index in [2.05, 4.69) is 31.8 Å². The Labute approximate surface area is 76.5 Å². The van der Waals surface area contributed by atoms with Gasteiger partial charge in [-0.1, -0.05) is 31.8 Å². The van der Waals surface area contributed by atoms with E-state index in [1.54, 1.807) is 0 Å². The number of hydrogen-bond donors (Lipinski definition) is 1. The van der Waals surface area contributed by atoms with Gasteiger partial charge in [0.15, 0.2) is 0 Å². The van der Waals surface area contributed by atoms with Gasteiger partial charge in [-0.05, 0) is 24.3 Å². The van der Waals surface area contributed by atoms with Crippen molar-refractivity contribution < 1.29 is 5.11 Å². The van der Waals surface area contributed by atoms with E-state index in [1.165, 1.54) is 12.8 Å². The van der Waals surface area contributed by atoms with Crippen LogP contribution in [0.25, 0.3) is 0 Å². The molecule has 0 spiro atoms. The molecule has 0 aromatic rings. The summed E-state index contributed by atoms with van der Waals surface area (Å²) >= 11 is 0. The van der Waals surface area contributed by atoms with E-state index in [-0.39, 0.29) is 0 Å². The summed E-state index contributed by atoms with van der Waals surface area (Å²) in [6, 6.07) is 0. The molecule has 2 heteroatoms. The largest absolute Gasteiger partial charge is 0.396 e. The molecule has 0 saturated heterocycles. The van der Waals surface area contributed by atoms with Crippen molar-refractivity contribution in [1.82, 2.24) is 0 Å². The Morgan fingerprint density at radius 1 is 1.25 bits per heavy atom. The van der Waals surface area contributed by atoms with E-state index >= 15 is 0 Å². The second kappa shape index (κ2) is 3.75. The first-order valence-electron chi connectivity index (χ1n) is 4.83. The first-order valence-corrected chi connectivity index (χ1v) is 8.41. The molecule has 0 aromatic carbocycles. The Kier molecular flexibility index (Phi) is 3.13. The standard InChI is InChI=1S/C10H20OSi/c1-12(2,3)10-6-4-9(8-11)5-7-10/h4,6,9-11H,5,7-8H2,1-3H3. The summed E-state index contributed by atoms with van der Waals surface area (Å²) in [6.07, 6.45) is 7.03. The lowest BCUT2D eigenvalue weighted by atomic mass is 9.96. The molecule has 1 aliphatic rings. The van der Waals surface area contributed by atoms with Crippen LogP contribution in [-0.4, -0.2) is 19.8 Å². The van der Waals surface area contributed by atoms with Crippen LogP contribution in [0.3, 0.4) is 0 Å². The Hall–Kier alpha value is -0.0831. The van der Waals surface area contributed by atoms with Crippen molar-refractivity contribution in [1.29, 1.82) is 0 Å².